The molecule has 2 amide bonds. The number of nitrogen functional groups attached to an aromatic ring is 1. The van der Waals surface area contributed by atoms with Gasteiger partial charge in [-0.3, -0.25) is 24.0 Å². The number of hydrogen-bond acceptors (Lipinski definition) is 15. The van der Waals surface area contributed by atoms with E-state index in [0.717, 1.165) is 64.8 Å². The zero-order chi connectivity index (χ0) is 90.0. The second kappa shape index (κ2) is 33.8. The molecule has 10 aromatic carbocycles. The van der Waals surface area contributed by atoms with Gasteiger partial charge in [0.1, 0.15) is 5.75 Å². The first-order valence-corrected chi connectivity index (χ1v) is 40.1. The summed E-state index contributed by atoms with van der Waals surface area (Å²) in [6, 6.07) is 61.0. The average Bonchev–Trinajstić information content (AvgIpc) is 1.61. The van der Waals surface area contributed by atoms with E-state index in [1.807, 2.05) is 48.5 Å². The Bertz CT molecular complexity index is 8090. The number of aryl methyl sites for hydroxylation is 1. The number of halogens is 6. The summed E-state index contributed by atoms with van der Waals surface area (Å²) in [5.74, 6) is -5.72. The summed E-state index contributed by atoms with van der Waals surface area (Å²) in [4.78, 5) is 163. The molecule has 0 saturated carbocycles. The van der Waals surface area contributed by atoms with Crippen molar-refractivity contribution >= 4 is 170 Å². The van der Waals surface area contributed by atoms with Gasteiger partial charge in [0.15, 0.2) is 22.8 Å². The molecule has 9 heterocycles. The van der Waals surface area contributed by atoms with Crippen molar-refractivity contribution in [3.63, 3.8) is 0 Å². The van der Waals surface area contributed by atoms with Gasteiger partial charge in [-0.15, -0.1) is 11.3 Å². The summed E-state index contributed by atoms with van der Waals surface area (Å²) < 4.78 is 53.0. The maximum atomic E-state index is 13.4. The van der Waals surface area contributed by atoms with Crippen molar-refractivity contribution < 1.29 is 67.1 Å². The summed E-state index contributed by atoms with van der Waals surface area (Å²) in [5, 5.41) is 46.0. The number of carboxylic acids is 4. The normalized spacial score (nSPS) is 12.0. The van der Waals surface area contributed by atoms with E-state index in [9.17, 15) is 91.1 Å². The van der Waals surface area contributed by atoms with Gasteiger partial charge in [0, 0.05) is 85.3 Å². The molecule has 18 aromatic rings. The van der Waals surface area contributed by atoms with E-state index in [-0.39, 0.29) is 92.8 Å². The Morgan fingerprint density at radius 2 is 0.850 bits per heavy atom. The number of carboxylic acid groups (broad SMARTS) is 4. The molecular formula is C91H62Cl3F3N12O17S. The molecule has 0 saturated heterocycles. The fourth-order valence-electron chi connectivity index (χ4n) is 15.9. The zero-order valence-electron chi connectivity index (χ0n) is 65.8. The number of methoxy groups -OCH3 is 1. The molecule has 36 heteroatoms. The highest BCUT2D eigenvalue weighted by atomic mass is 35.5. The number of nitrogens with two attached hydrogens (primary N) is 1. The van der Waals surface area contributed by atoms with Crippen molar-refractivity contribution in [3.8, 4) is 22.8 Å². The fourth-order valence-corrected chi connectivity index (χ4v) is 17.1. The molecule has 0 bridgehead atoms. The summed E-state index contributed by atoms with van der Waals surface area (Å²) in [6.07, 6.45) is -4.69. The van der Waals surface area contributed by atoms with Crippen LogP contribution < -0.4 is 49.1 Å². The SMILES string of the molecule is COc1cccc(Cn2c(C(=O)O)c(N3C(=O)Cc4ccccc4C3=O)c3cc(Cl)ccc32)c1.Cn1c(C(=O)O)c(-n2c(=O)[nH]c3cscc3c2=O)c2cc(C(F)(F)F)ccc21.Nc1cccc(Cn2c(C(=O)O)c(-n3c(=O)[nH]c4ccccc4c3=O)c3cc(Cl)ccc32)c1.O=C(O)c1c(-n2c(=O)[nH]c3ccccc3c2=O)c2cc(Cl)ccc2n1Cc1ccccc1. The molecule has 19 rings (SSSR count). The van der Waals surface area contributed by atoms with Gasteiger partial charge in [0.2, 0.25) is 5.91 Å². The van der Waals surface area contributed by atoms with Crippen LogP contribution in [0.1, 0.15) is 80.1 Å². The molecule has 1 aliphatic heterocycles. The van der Waals surface area contributed by atoms with E-state index >= 15 is 0 Å². The smallest absolute Gasteiger partial charge is 0.416 e. The third kappa shape index (κ3) is 15.6. The molecule has 1 aliphatic rings. The van der Waals surface area contributed by atoms with Crippen molar-refractivity contribution in [3.05, 3.63) is 369 Å². The van der Waals surface area contributed by atoms with Gasteiger partial charge in [-0.05, 0) is 150 Å². The van der Waals surface area contributed by atoms with Crippen LogP contribution in [0.5, 0.6) is 5.75 Å². The Kier molecular flexibility index (Phi) is 22.5. The summed E-state index contributed by atoms with van der Waals surface area (Å²) in [7, 11) is 2.89. The molecule has 0 unspecified atom stereocenters. The number of ether oxygens (including phenoxy) is 1. The largest absolute Gasteiger partial charge is 0.497 e. The minimum atomic E-state index is -4.68. The number of aromatic amines is 3. The second-order valence-corrected chi connectivity index (χ2v) is 31.0. The van der Waals surface area contributed by atoms with Gasteiger partial charge in [0.05, 0.1) is 96.6 Å². The van der Waals surface area contributed by atoms with Crippen LogP contribution in [0.4, 0.5) is 24.5 Å². The Labute approximate surface area is 728 Å². The minimum absolute atomic E-state index is 0.00983. The van der Waals surface area contributed by atoms with Crippen LogP contribution >= 0.6 is 46.1 Å². The summed E-state index contributed by atoms with van der Waals surface area (Å²) in [5.41, 5.74) is 5.64. The van der Waals surface area contributed by atoms with E-state index in [1.54, 1.807) is 179 Å². The fraction of sp³-hybridized carbons (Fsp3) is 0.0769. The number of benzene rings is 10. The van der Waals surface area contributed by atoms with E-state index in [0.29, 0.717) is 85.9 Å². The predicted octanol–water partition coefficient (Wildman–Crippen LogP) is 15.4. The van der Waals surface area contributed by atoms with Crippen LogP contribution in [-0.4, -0.2) is 110 Å². The van der Waals surface area contributed by atoms with E-state index < -0.39 is 92.6 Å². The number of carbonyl (C=O) groups is 6. The zero-order valence-corrected chi connectivity index (χ0v) is 68.9. The number of carbonyl (C=O) groups excluding carboxylic acids is 2. The van der Waals surface area contributed by atoms with Gasteiger partial charge in [-0.25, -0.2) is 52.2 Å². The minimum Gasteiger partial charge on any atom is -0.497 e. The maximum absolute atomic E-state index is 13.4. The molecule has 0 aliphatic carbocycles. The number of rotatable bonds is 15. The van der Waals surface area contributed by atoms with Crippen molar-refractivity contribution in [2.24, 2.45) is 7.05 Å². The highest BCUT2D eigenvalue weighted by molar-refractivity contribution is 7.09. The topological polar surface area (TPSA) is 406 Å². The number of amides is 2. The number of para-hydroxylation sites is 2. The summed E-state index contributed by atoms with van der Waals surface area (Å²) in [6.45, 7) is 0.579. The van der Waals surface area contributed by atoms with Crippen molar-refractivity contribution in [2.45, 2.75) is 32.2 Å². The molecule has 127 heavy (non-hydrogen) atoms. The van der Waals surface area contributed by atoms with Crippen LogP contribution in [0.3, 0.4) is 0 Å². The quantitative estimate of drug-likeness (QED) is 0.0349. The van der Waals surface area contributed by atoms with Crippen LogP contribution in [0.2, 0.25) is 15.1 Å². The Balaban J connectivity index is 0.000000125. The van der Waals surface area contributed by atoms with E-state index in [2.05, 4.69) is 15.0 Å². The highest BCUT2D eigenvalue weighted by Crippen LogP contribution is 2.42. The number of nitrogens with zero attached hydrogens (tertiary/aromatic N) is 8. The van der Waals surface area contributed by atoms with Crippen molar-refractivity contribution in [1.29, 1.82) is 0 Å². The third-order valence-electron chi connectivity index (χ3n) is 21.3. The van der Waals surface area contributed by atoms with E-state index in [1.165, 1.54) is 17.8 Å². The molecule has 0 atom stereocenters. The first-order valence-electron chi connectivity index (χ1n) is 38.1. The molecular weight excluding hydrogens is 1730 g/mol. The van der Waals surface area contributed by atoms with Gasteiger partial charge in [0.25, 0.3) is 22.6 Å². The second-order valence-electron chi connectivity index (χ2n) is 29.0. The number of hydrogen-bond donors (Lipinski definition) is 8. The van der Waals surface area contributed by atoms with E-state index in [4.69, 9.17) is 45.3 Å². The van der Waals surface area contributed by atoms with Crippen molar-refractivity contribution in [1.82, 2.24) is 46.9 Å². The van der Waals surface area contributed by atoms with Crippen molar-refractivity contribution in [2.75, 3.05) is 17.7 Å². The van der Waals surface area contributed by atoms with Crippen LogP contribution in [0.25, 0.3) is 93.4 Å². The number of fused-ring (bicyclic) bond motifs is 8. The Hall–Kier alpha value is -15.8. The number of nitrogens with one attached hydrogen (secondary N) is 3. The Morgan fingerprint density at radius 1 is 0.433 bits per heavy atom. The number of thiophene rings is 1. The lowest BCUT2D eigenvalue weighted by Crippen LogP contribution is -2.43. The number of H-pyrrole nitrogens is 3. The molecule has 8 aromatic heterocycles. The predicted molar refractivity (Wildman–Crippen MR) is 475 cm³/mol. The van der Waals surface area contributed by atoms with Gasteiger partial charge in [-0.1, -0.05) is 132 Å². The number of aromatic nitrogens is 10. The number of aromatic carboxylic acids is 4. The number of alkyl halides is 3. The lowest BCUT2D eigenvalue weighted by molar-refractivity contribution is -0.137. The lowest BCUT2D eigenvalue weighted by atomic mass is 9.97. The number of anilines is 2. The molecule has 29 nitrogen and oxygen atoms in total. The van der Waals surface area contributed by atoms with Gasteiger partial charge >= 0.3 is 47.1 Å². The standard InChI is InChI=1S/C26H19ClN2O5.C24H17ClN4O4.C24H16ClN3O4.C17H10F3N3O4S/c1-34-18-7-4-5-15(11-18)14-28-21-10-9-17(27)13-20(21)23(24(28)26(32)33)29-22(30)12-16-6-2-3-8-19(16)25(29)31;25-14-8-9-19-17(11-14)20(29-22(30)16-6-1-2-7-18(16)27-24(29)33)21(23(31)32)28(19)12-13-4-3-5-15(26)10-13;25-15-10-11-19-17(12-15)20(21(23(30)31)27(19)13-14-6-2-1-3-7-14)28-22(29)16-8-4-5-9-18(16)26-24(28)32;1-22-11-3-2-7(17(18,19)20)4-8(11)12(13(22)15(25)26)23-14(24)9-5-28-6-10(9)21-16(23)27/h2-11,13H,12,14H2,1H3,(H,32,33);1-11H,12,26H2,(H,27,33)(H,31,32);1-12H,13H2,(H,26,32)(H,30,31);2-6H,1H3,(H,21,27)(H,25,26). The molecule has 9 N–H and O–H groups in total. The molecule has 636 valence electrons. The van der Waals surface area contributed by atoms with Gasteiger partial charge in [-0.2, -0.15) is 13.2 Å². The molecule has 0 fully saturated rings. The molecule has 0 spiro atoms. The molecule has 0 radical (unpaired) electrons. The third-order valence-corrected chi connectivity index (χ3v) is 22.8. The average molecular weight is 1790 g/mol. The summed E-state index contributed by atoms with van der Waals surface area (Å²) >= 11 is 19.9. The first-order chi connectivity index (χ1) is 60.8. The van der Waals surface area contributed by atoms with Crippen LogP contribution in [-0.2, 0) is 44.1 Å². The van der Waals surface area contributed by atoms with Gasteiger partial charge < -0.3 is 64.1 Å². The first kappa shape index (κ1) is 84.8. The number of imide groups is 1. The van der Waals surface area contributed by atoms with Crippen LogP contribution in [0, 0.1) is 0 Å². The maximum Gasteiger partial charge on any atom is 0.416 e. The Morgan fingerprint density at radius 3 is 1.35 bits per heavy atom. The lowest BCUT2D eigenvalue weighted by Gasteiger charge is -2.27. The van der Waals surface area contributed by atoms with Crippen LogP contribution in [0.15, 0.2) is 264 Å². The monoisotopic (exact) mass is 1790 g/mol. The highest BCUT2D eigenvalue weighted by Gasteiger charge is 2.40.